The van der Waals surface area contributed by atoms with E-state index in [1.54, 1.807) is 0 Å². The lowest BCUT2D eigenvalue weighted by atomic mass is 9.80. The van der Waals surface area contributed by atoms with E-state index in [1.165, 1.54) is 0 Å². The van der Waals surface area contributed by atoms with E-state index in [-0.39, 0.29) is 5.41 Å². The first kappa shape index (κ1) is 11.3. The maximum Gasteiger partial charge on any atom is 0.136 e. The smallest absolute Gasteiger partial charge is 0.136 e. The van der Waals surface area contributed by atoms with Crippen LogP contribution < -0.4 is 10.6 Å². The Labute approximate surface area is 96.9 Å². The molecular formula is C12H20N4. The first-order chi connectivity index (χ1) is 7.64. The van der Waals surface area contributed by atoms with Crippen molar-refractivity contribution in [2.24, 2.45) is 0 Å². The Morgan fingerprint density at radius 3 is 2.62 bits per heavy atom. The Balaban J connectivity index is 2.34. The van der Waals surface area contributed by atoms with Crippen LogP contribution in [0.25, 0.3) is 0 Å². The van der Waals surface area contributed by atoms with Crippen LogP contribution in [0.2, 0.25) is 0 Å². The van der Waals surface area contributed by atoms with Gasteiger partial charge in [0.05, 0.1) is 0 Å². The number of rotatable bonds is 2. The van der Waals surface area contributed by atoms with Crippen LogP contribution in [0, 0.1) is 6.92 Å². The van der Waals surface area contributed by atoms with Crippen molar-refractivity contribution in [3.05, 3.63) is 17.6 Å². The maximum atomic E-state index is 4.60. The predicted molar refractivity (Wildman–Crippen MR) is 65.8 cm³/mol. The monoisotopic (exact) mass is 220 g/mol. The molecule has 0 saturated carbocycles. The van der Waals surface area contributed by atoms with E-state index in [1.807, 2.05) is 20.0 Å². The SMILES string of the molecule is CNc1cc(C)nc(C2(C)CCNCC2)n1. The fraction of sp³-hybridized carbons (Fsp3) is 0.667. The molecule has 16 heavy (non-hydrogen) atoms. The second kappa shape index (κ2) is 4.37. The minimum atomic E-state index is 0.128. The first-order valence-electron chi connectivity index (χ1n) is 5.89. The van der Waals surface area contributed by atoms with Crippen molar-refractivity contribution in [3.63, 3.8) is 0 Å². The number of aryl methyl sites for hydroxylation is 1. The second-order valence-corrected chi connectivity index (χ2v) is 4.78. The summed E-state index contributed by atoms with van der Waals surface area (Å²) < 4.78 is 0. The highest BCUT2D eigenvalue weighted by Gasteiger charge is 2.31. The van der Waals surface area contributed by atoms with Crippen molar-refractivity contribution in [1.29, 1.82) is 0 Å². The van der Waals surface area contributed by atoms with Gasteiger partial charge in [0.2, 0.25) is 0 Å². The number of nitrogens with zero attached hydrogens (tertiary/aromatic N) is 2. The molecule has 4 nitrogen and oxygen atoms in total. The van der Waals surface area contributed by atoms with Gasteiger partial charge in [-0.1, -0.05) is 6.92 Å². The molecule has 2 heterocycles. The molecule has 4 heteroatoms. The van der Waals surface area contributed by atoms with E-state index < -0.39 is 0 Å². The van der Waals surface area contributed by atoms with Gasteiger partial charge in [-0.25, -0.2) is 9.97 Å². The van der Waals surface area contributed by atoms with Gasteiger partial charge in [-0.2, -0.15) is 0 Å². The van der Waals surface area contributed by atoms with E-state index >= 15 is 0 Å². The Bertz CT molecular complexity index is 369. The summed E-state index contributed by atoms with van der Waals surface area (Å²) >= 11 is 0. The van der Waals surface area contributed by atoms with Crippen molar-refractivity contribution in [2.45, 2.75) is 32.1 Å². The Morgan fingerprint density at radius 1 is 1.31 bits per heavy atom. The third-order valence-electron chi connectivity index (χ3n) is 3.36. The minimum Gasteiger partial charge on any atom is -0.373 e. The lowest BCUT2D eigenvalue weighted by Crippen LogP contribution is -2.39. The van der Waals surface area contributed by atoms with Gasteiger partial charge in [-0.3, -0.25) is 0 Å². The van der Waals surface area contributed by atoms with E-state index in [2.05, 4.69) is 27.5 Å². The maximum absolute atomic E-state index is 4.60. The second-order valence-electron chi connectivity index (χ2n) is 4.78. The molecule has 0 radical (unpaired) electrons. The van der Waals surface area contributed by atoms with Crippen LogP contribution in [-0.4, -0.2) is 30.1 Å². The highest BCUT2D eigenvalue weighted by molar-refractivity contribution is 5.36. The van der Waals surface area contributed by atoms with Crippen LogP contribution in [0.1, 0.15) is 31.3 Å². The molecule has 1 aliphatic rings. The molecule has 0 bridgehead atoms. The number of hydrogen-bond donors (Lipinski definition) is 2. The van der Waals surface area contributed by atoms with Crippen LogP contribution in [0.5, 0.6) is 0 Å². The van der Waals surface area contributed by atoms with Crippen molar-refractivity contribution in [2.75, 3.05) is 25.5 Å². The van der Waals surface area contributed by atoms with Crippen molar-refractivity contribution >= 4 is 5.82 Å². The molecule has 2 N–H and O–H groups in total. The van der Waals surface area contributed by atoms with Crippen LogP contribution >= 0.6 is 0 Å². The van der Waals surface area contributed by atoms with Gasteiger partial charge in [0.1, 0.15) is 11.6 Å². The first-order valence-corrected chi connectivity index (χ1v) is 5.89. The molecule has 1 aromatic heterocycles. The number of piperidine rings is 1. The molecule has 0 amide bonds. The minimum absolute atomic E-state index is 0.128. The van der Waals surface area contributed by atoms with E-state index in [4.69, 9.17) is 0 Å². The lowest BCUT2D eigenvalue weighted by Gasteiger charge is -2.32. The van der Waals surface area contributed by atoms with Gasteiger partial charge < -0.3 is 10.6 Å². The molecular weight excluding hydrogens is 200 g/mol. The average Bonchev–Trinajstić information content (AvgIpc) is 2.29. The van der Waals surface area contributed by atoms with Crippen molar-refractivity contribution < 1.29 is 0 Å². The normalized spacial score (nSPS) is 19.4. The summed E-state index contributed by atoms with van der Waals surface area (Å²) in [7, 11) is 1.90. The predicted octanol–water partition coefficient (Wildman–Crippen LogP) is 1.47. The van der Waals surface area contributed by atoms with Crippen molar-refractivity contribution in [1.82, 2.24) is 15.3 Å². The van der Waals surface area contributed by atoms with Gasteiger partial charge in [0.25, 0.3) is 0 Å². The third-order valence-corrected chi connectivity index (χ3v) is 3.36. The topological polar surface area (TPSA) is 49.8 Å². The fourth-order valence-electron chi connectivity index (χ4n) is 2.17. The summed E-state index contributed by atoms with van der Waals surface area (Å²) in [5, 5.41) is 6.48. The molecule has 1 aliphatic heterocycles. The summed E-state index contributed by atoms with van der Waals surface area (Å²) in [5.41, 5.74) is 1.16. The van der Waals surface area contributed by atoms with E-state index in [0.29, 0.717) is 0 Å². The molecule has 0 aliphatic carbocycles. The van der Waals surface area contributed by atoms with Gasteiger partial charge in [-0.15, -0.1) is 0 Å². The van der Waals surface area contributed by atoms with Crippen molar-refractivity contribution in [3.8, 4) is 0 Å². The van der Waals surface area contributed by atoms with Crippen LogP contribution in [0.15, 0.2) is 6.07 Å². The quantitative estimate of drug-likeness (QED) is 0.792. The lowest BCUT2D eigenvalue weighted by molar-refractivity contribution is 0.318. The van der Waals surface area contributed by atoms with Crippen LogP contribution in [-0.2, 0) is 5.41 Å². The Kier molecular flexibility index (Phi) is 3.10. The molecule has 0 unspecified atom stereocenters. The Hall–Kier alpha value is -1.16. The molecule has 2 rings (SSSR count). The molecule has 1 aromatic rings. The van der Waals surface area contributed by atoms with E-state index in [9.17, 15) is 0 Å². The third kappa shape index (κ3) is 2.16. The number of anilines is 1. The zero-order chi connectivity index (χ0) is 11.6. The summed E-state index contributed by atoms with van der Waals surface area (Å²) in [6, 6.07) is 1.98. The van der Waals surface area contributed by atoms with Gasteiger partial charge >= 0.3 is 0 Å². The largest absolute Gasteiger partial charge is 0.373 e. The van der Waals surface area contributed by atoms with E-state index in [0.717, 1.165) is 43.3 Å². The molecule has 0 atom stereocenters. The Morgan fingerprint density at radius 2 is 2.00 bits per heavy atom. The molecule has 1 fully saturated rings. The molecule has 0 aromatic carbocycles. The number of nitrogens with one attached hydrogen (secondary N) is 2. The van der Waals surface area contributed by atoms with Gasteiger partial charge in [-0.05, 0) is 32.9 Å². The average molecular weight is 220 g/mol. The highest BCUT2D eigenvalue weighted by Crippen LogP contribution is 2.30. The fourth-order valence-corrected chi connectivity index (χ4v) is 2.17. The zero-order valence-electron chi connectivity index (χ0n) is 10.3. The van der Waals surface area contributed by atoms with Gasteiger partial charge in [0.15, 0.2) is 0 Å². The molecule has 1 saturated heterocycles. The van der Waals surface area contributed by atoms with Crippen LogP contribution in [0.4, 0.5) is 5.82 Å². The zero-order valence-corrected chi connectivity index (χ0v) is 10.3. The molecule has 0 spiro atoms. The van der Waals surface area contributed by atoms with Crippen LogP contribution in [0.3, 0.4) is 0 Å². The number of hydrogen-bond acceptors (Lipinski definition) is 4. The summed E-state index contributed by atoms with van der Waals surface area (Å²) in [6.45, 7) is 6.41. The summed E-state index contributed by atoms with van der Waals surface area (Å²) in [4.78, 5) is 9.20. The number of aromatic nitrogens is 2. The standard InChI is InChI=1S/C12H20N4/c1-9-8-10(13-3)16-11(15-9)12(2)4-6-14-7-5-12/h8,14H,4-7H2,1-3H3,(H,13,15,16). The summed E-state index contributed by atoms with van der Waals surface area (Å²) in [6.07, 6.45) is 2.22. The van der Waals surface area contributed by atoms with Gasteiger partial charge in [0, 0.05) is 24.2 Å². The molecule has 88 valence electrons. The highest BCUT2D eigenvalue weighted by atomic mass is 15.0. The summed E-state index contributed by atoms with van der Waals surface area (Å²) in [5.74, 6) is 1.90.